The van der Waals surface area contributed by atoms with Crippen LogP contribution in [0.4, 0.5) is 20.7 Å². The Morgan fingerprint density at radius 3 is 1.46 bits per heavy atom. The van der Waals surface area contributed by atoms with Crippen LogP contribution >= 0.6 is 34.3 Å². The van der Waals surface area contributed by atoms with E-state index in [9.17, 15) is 28.0 Å². The van der Waals surface area contributed by atoms with Crippen molar-refractivity contribution >= 4 is 89.7 Å². The number of thiazole rings is 2. The molecule has 2 atom stereocenters. The predicted molar refractivity (Wildman–Crippen MR) is 255 cm³/mol. The number of nitrogens with zero attached hydrogens (tertiary/aromatic N) is 10. The number of halogens is 3. The SMILES string of the molecule is CC(C)(C)C(=O)Cl.Cc1nc2nc(N[C@@H](C)c3cncc(F)c3)nc(C(=O)N3CC(CC(=O)C(C)(C)C)C3)c2s1.Cc1nc2nc(N[C@@H](C)c3cncc(F)c3)nc(C(=O)N3CC(N)C3)c2s1. The summed E-state index contributed by atoms with van der Waals surface area (Å²) in [6.45, 7) is 20.5. The lowest BCUT2D eigenvalue weighted by Crippen LogP contribution is -2.58. The number of nitrogens with one attached hydrogen (secondary N) is 2. The molecule has 0 aromatic carbocycles. The first-order valence-corrected chi connectivity index (χ1v) is 23.5. The molecule has 2 aliphatic heterocycles. The Balaban J connectivity index is 0.000000196. The number of fused-ring (bicyclic) bond motifs is 2. The fourth-order valence-electron chi connectivity index (χ4n) is 6.57. The maximum absolute atomic E-state index is 13.6. The van der Waals surface area contributed by atoms with Crippen LogP contribution in [0.15, 0.2) is 36.9 Å². The lowest BCUT2D eigenvalue weighted by molar-refractivity contribution is -0.128. The minimum absolute atomic E-state index is 0.00701. The summed E-state index contributed by atoms with van der Waals surface area (Å²) in [6, 6.07) is 2.16. The van der Waals surface area contributed by atoms with Gasteiger partial charge in [0.05, 0.1) is 34.5 Å². The molecule has 67 heavy (non-hydrogen) atoms. The number of rotatable bonds is 10. The van der Waals surface area contributed by atoms with E-state index in [0.717, 1.165) is 22.4 Å². The second-order valence-corrected chi connectivity index (χ2v) is 21.4. The van der Waals surface area contributed by atoms with E-state index in [4.69, 9.17) is 17.3 Å². The Bertz CT molecular complexity index is 2800. The van der Waals surface area contributed by atoms with Crippen molar-refractivity contribution in [3.05, 3.63) is 81.1 Å². The molecule has 0 radical (unpaired) electrons. The normalized spacial score (nSPS) is 15.1. The van der Waals surface area contributed by atoms with Gasteiger partial charge in [-0.05, 0) is 62.6 Å². The highest BCUT2D eigenvalue weighted by Crippen LogP contribution is 2.32. The average molecular weight is 979 g/mol. The van der Waals surface area contributed by atoms with Crippen molar-refractivity contribution < 1.29 is 28.0 Å². The minimum Gasteiger partial charge on any atom is -0.348 e. The number of ketones is 1. The first-order chi connectivity index (χ1) is 31.4. The van der Waals surface area contributed by atoms with Crippen molar-refractivity contribution in [2.75, 3.05) is 36.8 Å². The fourth-order valence-corrected chi connectivity index (χ4v) is 8.25. The molecule has 0 aliphatic carbocycles. The highest BCUT2D eigenvalue weighted by atomic mass is 35.5. The summed E-state index contributed by atoms with van der Waals surface area (Å²) in [5.41, 5.74) is 7.83. The maximum Gasteiger partial charge on any atom is 0.274 e. The molecule has 2 saturated heterocycles. The van der Waals surface area contributed by atoms with Crippen LogP contribution in [0.2, 0.25) is 0 Å². The molecule has 17 nitrogen and oxygen atoms in total. The van der Waals surface area contributed by atoms with Crippen molar-refractivity contribution in [3.8, 4) is 0 Å². The first kappa shape index (κ1) is 50.6. The van der Waals surface area contributed by atoms with Gasteiger partial charge >= 0.3 is 0 Å². The standard InChI is InChI=1S/C23H27FN6O2S.C17H18FN7OS.C5H9ClO/c1-12(15-7-16(24)9-25-8-15)26-22-28-18(19-20(29-22)27-13(2)33-19)21(32)30-10-14(11-30)6-17(31)23(3,4)5;1-8(10-3-11(18)5-20-4-10)21-17-23-13(16(26)25-6-12(19)7-25)14-15(24-17)22-9(2)27-14;1-5(2,3)4(6)7/h7-9,12,14H,6,10-11H2,1-5H3,(H,26,28,29);3-5,8,12H,6-7,19H2,1-2H3,(H,21,23,24);1-3H3/t12-;8-;/m00./s1. The van der Waals surface area contributed by atoms with Crippen LogP contribution in [-0.2, 0) is 9.59 Å². The van der Waals surface area contributed by atoms with Gasteiger partial charge in [0.25, 0.3) is 11.8 Å². The minimum atomic E-state index is -0.430. The molecule has 22 heteroatoms. The molecular weight excluding hydrogens is 924 g/mol. The molecule has 8 heterocycles. The Labute approximate surface area is 399 Å². The zero-order valence-corrected chi connectivity index (χ0v) is 41.3. The van der Waals surface area contributed by atoms with Gasteiger partial charge in [0, 0.05) is 67.8 Å². The summed E-state index contributed by atoms with van der Waals surface area (Å²) in [5, 5.41) is 7.53. The summed E-state index contributed by atoms with van der Waals surface area (Å²) in [6.07, 6.45) is 5.89. The summed E-state index contributed by atoms with van der Waals surface area (Å²) < 4.78 is 28.3. The average Bonchev–Trinajstić information content (AvgIpc) is 3.79. The molecule has 0 saturated carbocycles. The molecule has 2 fully saturated rings. The third kappa shape index (κ3) is 12.8. The molecule has 0 spiro atoms. The third-order valence-electron chi connectivity index (χ3n) is 10.6. The molecule has 8 rings (SSSR count). The highest BCUT2D eigenvalue weighted by Gasteiger charge is 2.37. The Hall–Kier alpha value is -5.77. The van der Waals surface area contributed by atoms with Gasteiger partial charge in [-0.25, -0.2) is 28.7 Å². The number of pyridine rings is 2. The van der Waals surface area contributed by atoms with Gasteiger partial charge in [-0.3, -0.25) is 29.1 Å². The van der Waals surface area contributed by atoms with Gasteiger partial charge in [0.2, 0.25) is 17.1 Å². The molecule has 2 amide bonds. The lowest BCUT2D eigenvalue weighted by atomic mass is 9.83. The monoisotopic (exact) mass is 977 g/mol. The van der Waals surface area contributed by atoms with Crippen LogP contribution in [0.25, 0.3) is 20.7 Å². The summed E-state index contributed by atoms with van der Waals surface area (Å²) in [4.78, 5) is 86.4. The number of carbonyl (C=O) groups excluding carboxylic acids is 4. The van der Waals surface area contributed by atoms with Gasteiger partial charge in [0.15, 0.2) is 22.7 Å². The third-order valence-corrected chi connectivity index (χ3v) is 13.1. The van der Waals surface area contributed by atoms with E-state index in [1.165, 1.54) is 34.8 Å². The van der Waals surface area contributed by atoms with Crippen LogP contribution in [-0.4, -0.2) is 105 Å². The number of hydrogen-bond donors (Lipinski definition) is 3. The number of aryl methyl sites for hydroxylation is 2. The number of anilines is 2. The quantitative estimate of drug-likeness (QED) is 0.111. The predicted octanol–water partition coefficient (Wildman–Crippen LogP) is 7.86. The zero-order chi connectivity index (χ0) is 49.1. The van der Waals surface area contributed by atoms with E-state index >= 15 is 0 Å². The van der Waals surface area contributed by atoms with Crippen LogP contribution in [0.3, 0.4) is 0 Å². The van der Waals surface area contributed by atoms with Crippen molar-refractivity contribution in [2.45, 2.75) is 93.8 Å². The molecule has 4 N–H and O–H groups in total. The van der Waals surface area contributed by atoms with E-state index in [1.807, 2.05) is 48.5 Å². The van der Waals surface area contributed by atoms with Gasteiger partial charge in [0.1, 0.15) is 26.8 Å². The van der Waals surface area contributed by atoms with E-state index in [-0.39, 0.29) is 69.6 Å². The second kappa shape index (κ2) is 20.6. The van der Waals surface area contributed by atoms with Gasteiger partial charge in [-0.15, -0.1) is 22.7 Å². The molecule has 6 aromatic rings. The molecule has 2 aliphatic rings. The van der Waals surface area contributed by atoms with E-state index in [0.29, 0.717) is 75.8 Å². The van der Waals surface area contributed by atoms with Crippen LogP contribution in [0.1, 0.15) is 116 Å². The summed E-state index contributed by atoms with van der Waals surface area (Å²) in [5.74, 6) is -0.359. The highest BCUT2D eigenvalue weighted by molar-refractivity contribution is 7.19. The Kier molecular flexibility index (Phi) is 15.6. The smallest absolute Gasteiger partial charge is 0.274 e. The fraction of sp³-hybridized carbons (Fsp3) is 0.467. The second-order valence-electron chi connectivity index (χ2n) is 18.6. The number of hydrogen-bond acceptors (Lipinski definition) is 17. The number of aromatic nitrogens is 8. The maximum atomic E-state index is 13.6. The summed E-state index contributed by atoms with van der Waals surface area (Å²) in [7, 11) is 0. The number of amides is 2. The molecule has 356 valence electrons. The van der Waals surface area contributed by atoms with Gasteiger partial charge in [-0.1, -0.05) is 41.5 Å². The lowest BCUT2D eigenvalue weighted by Gasteiger charge is -2.39. The topological polar surface area (TPSA) is 228 Å². The number of carbonyl (C=O) groups is 4. The molecule has 0 unspecified atom stereocenters. The van der Waals surface area contributed by atoms with E-state index in [1.54, 1.807) is 43.0 Å². The van der Waals surface area contributed by atoms with E-state index < -0.39 is 11.6 Å². The largest absolute Gasteiger partial charge is 0.348 e. The van der Waals surface area contributed by atoms with Crippen molar-refractivity contribution in [2.24, 2.45) is 22.5 Å². The number of likely N-dealkylation sites (tertiary alicyclic amines) is 2. The van der Waals surface area contributed by atoms with Crippen molar-refractivity contribution in [3.63, 3.8) is 0 Å². The molecular formula is C45H54ClF2N13O4S2. The Morgan fingerprint density at radius 1 is 0.701 bits per heavy atom. The van der Waals surface area contributed by atoms with Crippen LogP contribution < -0.4 is 16.4 Å². The number of nitrogens with two attached hydrogens (primary N) is 1. The number of Topliss-reactive ketones (excluding diaryl/α,β-unsaturated/α-hetero) is 1. The van der Waals surface area contributed by atoms with E-state index in [2.05, 4.69) is 50.5 Å². The van der Waals surface area contributed by atoms with Gasteiger partial charge in [-0.2, -0.15) is 9.97 Å². The van der Waals surface area contributed by atoms with Gasteiger partial charge < -0.3 is 26.2 Å². The zero-order valence-electron chi connectivity index (χ0n) is 38.9. The van der Waals surface area contributed by atoms with Crippen LogP contribution in [0, 0.1) is 42.2 Å². The Morgan fingerprint density at radius 2 is 1.10 bits per heavy atom. The molecule has 6 aromatic heterocycles. The van der Waals surface area contributed by atoms with Crippen molar-refractivity contribution in [1.29, 1.82) is 0 Å². The van der Waals surface area contributed by atoms with Crippen molar-refractivity contribution in [1.82, 2.24) is 49.7 Å². The first-order valence-electron chi connectivity index (χ1n) is 21.5. The van der Waals surface area contributed by atoms with Crippen LogP contribution in [0.5, 0.6) is 0 Å². The summed E-state index contributed by atoms with van der Waals surface area (Å²) >= 11 is 7.87. The molecule has 0 bridgehead atoms.